The Labute approximate surface area is 113 Å². The predicted octanol–water partition coefficient (Wildman–Crippen LogP) is 1.05. The number of hydrogen-bond acceptors (Lipinski definition) is 4. The monoisotopic (exact) mass is 263 g/mol. The van der Waals surface area contributed by atoms with Gasteiger partial charge in [0.1, 0.15) is 5.75 Å². The van der Waals surface area contributed by atoms with Crippen molar-refractivity contribution in [1.29, 1.82) is 0 Å². The molecular weight excluding hydrogens is 242 g/mol. The van der Waals surface area contributed by atoms with Crippen molar-refractivity contribution in [3.05, 3.63) is 23.8 Å². The number of rotatable bonds is 3. The number of carbonyl (C=O) groups is 1. The van der Waals surface area contributed by atoms with E-state index in [0.29, 0.717) is 23.0 Å². The molecular formula is C14H21N3O2. The highest BCUT2D eigenvalue weighted by Crippen LogP contribution is 2.27. The van der Waals surface area contributed by atoms with Crippen molar-refractivity contribution in [2.75, 3.05) is 40.0 Å². The number of ether oxygens (including phenoxy) is 1. The Bertz CT molecular complexity index is 474. The number of benzene rings is 1. The smallest absolute Gasteiger partial charge is 0.256 e. The van der Waals surface area contributed by atoms with E-state index in [1.54, 1.807) is 25.3 Å². The highest BCUT2D eigenvalue weighted by atomic mass is 16.5. The molecule has 0 radical (unpaired) electrons. The third-order valence-corrected chi connectivity index (χ3v) is 3.70. The molecule has 1 atom stereocenters. The van der Waals surface area contributed by atoms with Crippen molar-refractivity contribution in [2.24, 2.45) is 0 Å². The van der Waals surface area contributed by atoms with Gasteiger partial charge in [-0.05, 0) is 32.6 Å². The zero-order valence-electron chi connectivity index (χ0n) is 11.7. The maximum Gasteiger partial charge on any atom is 0.256 e. The number of hydrogen-bond donors (Lipinski definition) is 1. The van der Waals surface area contributed by atoms with Crippen molar-refractivity contribution >= 4 is 11.6 Å². The molecule has 0 saturated carbocycles. The summed E-state index contributed by atoms with van der Waals surface area (Å²) in [7, 11) is 5.63. The van der Waals surface area contributed by atoms with Crippen LogP contribution in [0.25, 0.3) is 0 Å². The van der Waals surface area contributed by atoms with Crippen molar-refractivity contribution in [3.8, 4) is 5.75 Å². The van der Waals surface area contributed by atoms with Gasteiger partial charge in [0.15, 0.2) is 0 Å². The zero-order valence-corrected chi connectivity index (χ0v) is 11.7. The fourth-order valence-corrected chi connectivity index (χ4v) is 2.43. The molecule has 5 nitrogen and oxygen atoms in total. The van der Waals surface area contributed by atoms with Gasteiger partial charge in [-0.15, -0.1) is 0 Å². The Kier molecular flexibility index (Phi) is 3.95. The van der Waals surface area contributed by atoms with Crippen LogP contribution in [0.1, 0.15) is 16.8 Å². The molecule has 1 aromatic carbocycles. The van der Waals surface area contributed by atoms with Gasteiger partial charge in [-0.2, -0.15) is 0 Å². The molecule has 1 amide bonds. The number of para-hydroxylation sites is 1. The largest absolute Gasteiger partial charge is 0.495 e. The molecule has 1 aliphatic rings. The third kappa shape index (κ3) is 2.66. The lowest BCUT2D eigenvalue weighted by atomic mass is 10.1. The number of methoxy groups -OCH3 is 1. The quantitative estimate of drug-likeness (QED) is 0.828. The molecule has 0 aromatic heterocycles. The Morgan fingerprint density at radius 1 is 1.47 bits per heavy atom. The molecule has 5 heteroatoms. The van der Waals surface area contributed by atoms with Gasteiger partial charge in [0.05, 0.1) is 18.4 Å². The van der Waals surface area contributed by atoms with Gasteiger partial charge < -0.3 is 20.3 Å². The molecule has 19 heavy (non-hydrogen) atoms. The highest BCUT2D eigenvalue weighted by Gasteiger charge is 2.29. The van der Waals surface area contributed by atoms with Gasteiger partial charge in [-0.3, -0.25) is 4.79 Å². The molecule has 1 unspecified atom stereocenters. The Balaban J connectivity index is 2.17. The summed E-state index contributed by atoms with van der Waals surface area (Å²) < 4.78 is 5.15. The number of nitrogens with two attached hydrogens (primary N) is 1. The lowest BCUT2D eigenvalue weighted by Gasteiger charge is -2.21. The van der Waals surface area contributed by atoms with E-state index in [0.717, 1.165) is 19.5 Å². The van der Waals surface area contributed by atoms with E-state index in [4.69, 9.17) is 10.5 Å². The number of anilines is 1. The average molecular weight is 263 g/mol. The first kappa shape index (κ1) is 13.7. The number of likely N-dealkylation sites (N-methyl/N-ethyl adjacent to an activating group) is 1. The van der Waals surface area contributed by atoms with Crippen LogP contribution in [0.15, 0.2) is 18.2 Å². The molecule has 2 N–H and O–H groups in total. The zero-order chi connectivity index (χ0) is 14.0. The third-order valence-electron chi connectivity index (χ3n) is 3.70. The van der Waals surface area contributed by atoms with Gasteiger partial charge in [0.2, 0.25) is 0 Å². The normalized spacial score (nSPS) is 18.9. The summed E-state index contributed by atoms with van der Waals surface area (Å²) in [5.74, 6) is 0.537. The summed E-state index contributed by atoms with van der Waals surface area (Å²) in [5.41, 5.74) is 6.92. The average Bonchev–Trinajstić information content (AvgIpc) is 2.88. The van der Waals surface area contributed by atoms with Crippen molar-refractivity contribution in [1.82, 2.24) is 9.80 Å². The van der Waals surface area contributed by atoms with Gasteiger partial charge in [0, 0.05) is 19.1 Å². The maximum absolute atomic E-state index is 12.5. The van der Waals surface area contributed by atoms with Crippen LogP contribution >= 0.6 is 0 Å². The first-order chi connectivity index (χ1) is 9.04. The summed E-state index contributed by atoms with van der Waals surface area (Å²) >= 11 is 0. The molecule has 1 aliphatic heterocycles. The molecule has 1 fully saturated rings. The van der Waals surface area contributed by atoms with Gasteiger partial charge in [-0.25, -0.2) is 0 Å². The number of likely N-dealkylation sites (tertiary alicyclic amines) is 1. The lowest BCUT2D eigenvalue weighted by molar-refractivity contribution is 0.0784. The molecule has 2 rings (SSSR count). The lowest BCUT2D eigenvalue weighted by Crippen LogP contribution is -2.34. The Hall–Kier alpha value is -1.75. The summed E-state index contributed by atoms with van der Waals surface area (Å²) in [6, 6.07) is 5.74. The molecule has 0 spiro atoms. The van der Waals surface area contributed by atoms with Crippen molar-refractivity contribution in [2.45, 2.75) is 12.5 Å². The van der Waals surface area contributed by atoms with Crippen LogP contribution in [-0.2, 0) is 0 Å². The van der Waals surface area contributed by atoms with E-state index in [-0.39, 0.29) is 5.91 Å². The van der Waals surface area contributed by atoms with Crippen molar-refractivity contribution in [3.63, 3.8) is 0 Å². The summed E-state index contributed by atoms with van der Waals surface area (Å²) in [5, 5.41) is 0. The number of amides is 1. The summed E-state index contributed by atoms with van der Waals surface area (Å²) in [6.07, 6.45) is 1.00. The van der Waals surface area contributed by atoms with Crippen LogP contribution in [0.2, 0.25) is 0 Å². The summed E-state index contributed by atoms with van der Waals surface area (Å²) in [4.78, 5) is 16.5. The van der Waals surface area contributed by atoms with Crippen LogP contribution in [0.5, 0.6) is 5.75 Å². The second-order valence-electron chi connectivity index (χ2n) is 5.08. The highest BCUT2D eigenvalue weighted by molar-refractivity contribution is 6.00. The van der Waals surface area contributed by atoms with Crippen LogP contribution in [-0.4, -0.2) is 56.0 Å². The van der Waals surface area contributed by atoms with Crippen molar-refractivity contribution < 1.29 is 9.53 Å². The minimum atomic E-state index is -0.0132. The van der Waals surface area contributed by atoms with Crippen LogP contribution in [0, 0.1) is 0 Å². The van der Waals surface area contributed by atoms with Gasteiger partial charge in [-0.1, -0.05) is 6.07 Å². The number of nitrogen functional groups attached to an aromatic ring is 1. The van der Waals surface area contributed by atoms with E-state index < -0.39 is 0 Å². The summed E-state index contributed by atoms with van der Waals surface area (Å²) in [6.45, 7) is 1.53. The SMILES string of the molecule is COc1cccc(C(=O)N2CCC(N(C)C)C2)c1N. The van der Waals surface area contributed by atoms with E-state index >= 15 is 0 Å². The Morgan fingerprint density at radius 2 is 2.21 bits per heavy atom. The fourth-order valence-electron chi connectivity index (χ4n) is 2.43. The number of nitrogens with zero attached hydrogens (tertiary/aromatic N) is 2. The maximum atomic E-state index is 12.5. The number of carbonyl (C=O) groups excluding carboxylic acids is 1. The second kappa shape index (κ2) is 5.48. The van der Waals surface area contributed by atoms with E-state index in [1.807, 2.05) is 19.0 Å². The molecule has 0 aliphatic carbocycles. The molecule has 104 valence electrons. The van der Waals surface area contributed by atoms with Gasteiger partial charge in [0.25, 0.3) is 5.91 Å². The van der Waals surface area contributed by atoms with Gasteiger partial charge >= 0.3 is 0 Å². The first-order valence-electron chi connectivity index (χ1n) is 6.42. The minimum Gasteiger partial charge on any atom is -0.495 e. The van der Waals surface area contributed by atoms with Crippen LogP contribution in [0.3, 0.4) is 0 Å². The van der Waals surface area contributed by atoms with E-state index in [1.165, 1.54) is 0 Å². The topological polar surface area (TPSA) is 58.8 Å². The minimum absolute atomic E-state index is 0.0132. The van der Waals surface area contributed by atoms with Crippen LogP contribution < -0.4 is 10.5 Å². The van der Waals surface area contributed by atoms with Crippen LogP contribution in [0.4, 0.5) is 5.69 Å². The molecule has 1 saturated heterocycles. The second-order valence-corrected chi connectivity index (χ2v) is 5.08. The standard InChI is InChI=1S/C14H21N3O2/c1-16(2)10-7-8-17(9-10)14(18)11-5-4-6-12(19-3)13(11)15/h4-6,10H,7-9,15H2,1-3H3. The molecule has 1 heterocycles. The fraction of sp³-hybridized carbons (Fsp3) is 0.500. The molecule has 1 aromatic rings. The predicted molar refractivity (Wildman–Crippen MR) is 75.4 cm³/mol. The molecule has 0 bridgehead atoms. The first-order valence-corrected chi connectivity index (χ1v) is 6.42. The Morgan fingerprint density at radius 3 is 2.79 bits per heavy atom. The van der Waals surface area contributed by atoms with E-state index in [9.17, 15) is 4.79 Å². The van der Waals surface area contributed by atoms with E-state index in [2.05, 4.69) is 4.90 Å².